The Balaban J connectivity index is 1.76. The van der Waals surface area contributed by atoms with Gasteiger partial charge in [-0.1, -0.05) is 44.7 Å². The zero-order valence-electron chi connectivity index (χ0n) is 14.3. The van der Waals surface area contributed by atoms with Crippen molar-refractivity contribution >= 4 is 11.9 Å². The van der Waals surface area contributed by atoms with Gasteiger partial charge in [0.05, 0.1) is 0 Å². The molecule has 0 saturated heterocycles. The van der Waals surface area contributed by atoms with E-state index in [1.54, 1.807) is 12.1 Å². The maximum Gasteiger partial charge on any atom is 0.341 e. The van der Waals surface area contributed by atoms with Crippen LogP contribution in [0, 0.1) is 5.41 Å². The molecule has 1 fully saturated rings. The second-order valence-corrected chi connectivity index (χ2v) is 6.81. The first-order chi connectivity index (χ1) is 11.5. The summed E-state index contributed by atoms with van der Waals surface area (Å²) in [5.74, 6) is -0.282. The van der Waals surface area contributed by atoms with Crippen LogP contribution < -0.4 is 10.1 Å². The first-order valence-corrected chi connectivity index (χ1v) is 8.71. The molecule has 0 aliphatic heterocycles. The zero-order valence-corrected chi connectivity index (χ0v) is 14.3. The normalized spacial score (nSPS) is 16.9. The van der Waals surface area contributed by atoms with E-state index in [1.165, 1.54) is 12.8 Å². The summed E-state index contributed by atoms with van der Waals surface area (Å²) in [7, 11) is 0. The van der Waals surface area contributed by atoms with Gasteiger partial charge in [-0.25, -0.2) is 4.79 Å². The predicted octanol–water partition coefficient (Wildman–Crippen LogP) is 3.17. The number of carboxylic acids is 1. The van der Waals surface area contributed by atoms with Crippen molar-refractivity contribution in [3.05, 3.63) is 29.8 Å². The molecule has 1 aromatic carbocycles. The second-order valence-electron chi connectivity index (χ2n) is 6.81. The van der Waals surface area contributed by atoms with E-state index in [0.717, 1.165) is 37.7 Å². The van der Waals surface area contributed by atoms with Crippen LogP contribution in [0.1, 0.15) is 51.0 Å². The molecule has 0 spiro atoms. The van der Waals surface area contributed by atoms with E-state index in [-0.39, 0.29) is 17.9 Å². The number of aliphatic carboxylic acids is 1. The van der Waals surface area contributed by atoms with Gasteiger partial charge in [-0.2, -0.15) is 0 Å². The maximum atomic E-state index is 12.5. The fraction of sp³-hybridized carbons (Fsp3) is 0.579. The number of hydrogen-bond acceptors (Lipinski definition) is 3. The first kappa shape index (κ1) is 18.3. The Hall–Kier alpha value is -2.04. The van der Waals surface area contributed by atoms with Crippen molar-refractivity contribution in [1.82, 2.24) is 5.32 Å². The third kappa shape index (κ3) is 5.55. The van der Waals surface area contributed by atoms with E-state index >= 15 is 0 Å². The van der Waals surface area contributed by atoms with Crippen molar-refractivity contribution in [2.75, 3.05) is 13.2 Å². The highest BCUT2D eigenvalue weighted by molar-refractivity contribution is 5.82. The molecule has 1 aromatic rings. The molecule has 132 valence electrons. The number of carbonyl (C=O) groups is 2. The van der Waals surface area contributed by atoms with Crippen molar-refractivity contribution in [3.8, 4) is 5.75 Å². The summed E-state index contributed by atoms with van der Waals surface area (Å²) in [5, 5.41) is 11.7. The van der Waals surface area contributed by atoms with Crippen molar-refractivity contribution in [3.63, 3.8) is 0 Å². The minimum Gasteiger partial charge on any atom is -0.482 e. The minimum absolute atomic E-state index is 0.172. The second kappa shape index (κ2) is 8.71. The summed E-state index contributed by atoms with van der Waals surface area (Å²) in [5.41, 5.74) is 0.870. The van der Waals surface area contributed by atoms with Crippen LogP contribution in [0.25, 0.3) is 0 Å². The van der Waals surface area contributed by atoms with Crippen LogP contribution >= 0.6 is 0 Å². The number of carbonyl (C=O) groups excluding carboxylic acids is 1. The predicted molar refractivity (Wildman–Crippen MR) is 92.1 cm³/mol. The van der Waals surface area contributed by atoms with Crippen LogP contribution in [0.15, 0.2) is 24.3 Å². The molecule has 0 aromatic heterocycles. The highest BCUT2D eigenvalue weighted by atomic mass is 16.5. The van der Waals surface area contributed by atoms with Crippen molar-refractivity contribution in [2.24, 2.45) is 5.41 Å². The number of nitrogens with one attached hydrogen (secondary N) is 1. The number of benzene rings is 1. The maximum absolute atomic E-state index is 12.5. The Morgan fingerprint density at radius 1 is 1.12 bits per heavy atom. The minimum atomic E-state index is -0.992. The summed E-state index contributed by atoms with van der Waals surface area (Å²) >= 11 is 0. The van der Waals surface area contributed by atoms with Crippen LogP contribution in [-0.2, 0) is 16.0 Å². The van der Waals surface area contributed by atoms with Gasteiger partial charge in [0.15, 0.2) is 6.61 Å². The lowest BCUT2D eigenvalue weighted by atomic mass is 9.81. The fourth-order valence-electron chi connectivity index (χ4n) is 3.17. The van der Waals surface area contributed by atoms with Crippen LogP contribution in [-0.4, -0.2) is 30.1 Å². The zero-order chi connectivity index (χ0) is 17.4. The number of amides is 1. The smallest absolute Gasteiger partial charge is 0.341 e. The molecule has 5 nitrogen and oxygen atoms in total. The molecule has 1 aliphatic rings. The molecule has 2 rings (SSSR count). The van der Waals surface area contributed by atoms with Gasteiger partial charge >= 0.3 is 5.97 Å². The van der Waals surface area contributed by atoms with Gasteiger partial charge in [0.25, 0.3) is 0 Å². The quantitative estimate of drug-likeness (QED) is 0.752. The van der Waals surface area contributed by atoms with Crippen LogP contribution in [0.5, 0.6) is 5.75 Å². The average Bonchev–Trinajstić information content (AvgIpc) is 2.79. The highest BCUT2D eigenvalue weighted by Crippen LogP contribution is 2.34. The van der Waals surface area contributed by atoms with Crippen LogP contribution in [0.2, 0.25) is 0 Å². The molecule has 5 heteroatoms. The topological polar surface area (TPSA) is 75.6 Å². The number of hydrogen-bond donors (Lipinski definition) is 2. The molecule has 0 heterocycles. The van der Waals surface area contributed by atoms with E-state index in [2.05, 4.69) is 12.2 Å². The van der Waals surface area contributed by atoms with Crippen molar-refractivity contribution in [2.45, 2.75) is 51.9 Å². The molecule has 1 aliphatic carbocycles. The van der Waals surface area contributed by atoms with Crippen LogP contribution in [0.4, 0.5) is 0 Å². The molecule has 0 atom stereocenters. The van der Waals surface area contributed by atoms with Gasteiger partial charge in [-0.15, -0.1) is 0 Å². The Morgan fingerprint density at radius 3 is 2.33 bits per heavy atom. The summed E-state index contributed by atoms with van der Waals surface area (Å²) < 4.78 is 5.10. The van der Waals surface area contributed by atoms with E-state index in [9.17, 15) is 9.59 Å². The van der Waals surface area contributed by atoms with E-state index in [0.29, 0.717) is 12.3 Å². The lowest BCUT2D eigenvalue weighted by Crippen LogP contribution is -2.39. The lowest BCUT2D eigenvalue weighted by Gasteiger charge is -2.26. The van der Waals surface area contributed by atoms with E-state index in [4.69, 9.17) is 9.84 Å². The summed E-state index contributed by atoms with van der Waals surface area (Å²) in [6.45, 7) is 2.36. The molecule has 1 amide bonds. The van der Waals surface area contributed by atoms with Gasteiger partial charge in [-0.05, 0) is 37.0 Å². The van der Waals surface area contributed by atoms with Gasteiger partial charge in [-0.3, -0.25) is 4.79 Å². The first-order valence-electron chi connectivity index (χ1n) is 8.71. The van der Waals surface area contributed by atoms with Crippen molar-refractivity contribution < 1.29 is 19.4 Å². The molecule has 24 heavy (non-hydrogen) atoms. The Kier molecular flexibility index (Phi) is 6.64. The average molecular weight is 333 g/mol. The number of rotatable bonds is 7. The Labute approximate surface area is 143 Å². The Bertz CT molecular complexity index is 545. The standard InChI is InChI=1S/C19H27NO4/c1-19(11-4-2-3-5-12-19)18(23)20-13-10-15-6-8-16(9-7-15)24-14-17(21)22/h6-9H,2-5,10-14H2,1H3,(H,20,23)(H,21,22). The molecular weight excluding hydrogens is 306 g/mol. The molecular formula is C19H27NO4. The molecule has 0 bridgehead atoms. The largest absolute Gasteiger partial charge is 0.482 e. The van der Waals surface area contributed by atoms with Gasteiger partial charge in [0.2, 0.25) is 5.91 Å². The fourth-order valence-corrected chi connectivity index (χ4v) is 3.17. The van der Waals surface area contributed by atoms with Gasteiger partial charge in [0.1, 0.15) is 5.75 Å². The summed E-state index contributed by atoms with van der Waals surface area (Å²) in [4.78, 5) is 22.9. The van der Waals surface area contributed by atoms with Gasteiger partial charge in [0, 0.05) is 12.0 Å². The van der Waals surface area contributed by atoms with E-state index < -0.39 is 5.97 Å². The molecule has 1 saturated carbocycles. The molecule has 0 radical (unpaired) electrons. The van der Waals surface area contributed by atoms with Crippen molar-refractivity contribution in [1.29, 1.82) is 0 Å². The number of carboxylic acid groups (broad SMARTS) is 1. The highest BCUT2D eigenvalue weighted by Gasteiger charge is 2.32. The lowest BCUT2D eigenvalue weighted by molar-refractivity contribution is -0.139. The molecule has 0 unspecified atom stereocenters. The third-order valence-electron chi connectivity index (χ3n) is 4.74. The monoisotopic (exact) mass is 333 g/mol. The third-order valence-corrected chi connectivity index (χ3v) is 4.74. The van der Waals surface area contributed by atoms with Crippen LogP contribution in [0.3, 0.4) is 0 Å². The van der Waals surface area contributed by atoms with Gasteiger partial charge < -0.3 is 15.2 Å². The molecule has 2 N–H and O–H groups in total. The Morgan fingerprint density at radius 2 is 1.75 bits per heavy atom. The van der Waals surface area contributed by atoms with E-state index in [1.807, 2.05) is 12.1 Å². The number of ether oxygens (including phenoxy) is 1. The SMILES string of the molecule is CC1(C(=O)NCCc2ccc(OCC(=O)O)cc2)CCCCCC1. The summed E-state index contributed by atoms with van der Waals surface area (Å²) in [6, 6.07) is 7.31. The summed E-state index contributed by atoms with van der Waals surface area (Å²) in [6.07, 6.45) is 7.46.